The summed E-state index contributed by atoms with van der Waals surface area (Å²) in [5, 5.41) is 9.98. The van der Waals surface area contributed by atoms with E-state index in [2.05, 4.69) is 34.2 Å². The van der Waals surface area contributed by atoms with Crippen LogP contribution in [-0.4, -0.2) is 29.7 Å². The number of piperidine rings is 1. The Kier molecular flexibility index (Phi) is 3.24. The Morgan fingerprint density at radius 2 is 2.44 bits per heavy atom. The Hall–Kier alpha value is -1.36. The summed E-state index contributed by atoms with van der Waals surface area (Å²) in [5.41, 5.74) is 0.338. The Morgan fingerprint density at radius 3 is 3.06 bits per heavy atom. The first-order chi connectivity index (χ1) is 7.68. The van der Waals surface area contributed by atoms with Gasteiger partial charge < -0.3 is 15.2 Å². The van der Waals surface area contributed by atoms with Gasteiger partial charge in [-0.25, -0.2) is 0 Å². The third-order valence-corrected chi connectivity index (χ3v) is 3.19. The molecule has 3 atom stereocenters. The van der Waals surface area contributed by atoms with Crippen LogP contribution in [0.4, 0.5) is 0 Å². The highest BCUT2D eigenvalue weighted by atomic mass is 16.5. The summed E-state index contributed by atoms with van der Waals surface area (Å²) in [7, 11) is 0. The zero-order valence-corrected chi connectivity index (χ0v) is 9.56. The van der Waals surface area contributed by atoms with Gasteiger partial charge >= 0.3 is 0 Å². The Bertz CT molecular complexity index is 340. The molecule has 2 rings (SSSR count). The van der Waals surface area contributed by atoms with Crippen LogP contribution in [0.2, 0.25) is 0 Å². The summed E-state index contributed by atoms with van der Waals surface area (Å²) < 4.78 is 4.65. The molecule has 1 amide bonds. The first-order valence-corrected chi connectivity index (χ1v) is 5.63. The smallest absolute Gasteiger partial charge is 0.273 e. The zero-order valence-electron chi connectivity index (χ0n) is 9.56. The quantitative estimate of drug-likeness (QED) is 0.778. The minimum atomic E-state index is -0.166. The summed E-state index contributed by atoms with van der Waals surface area (Å²) in [5.74, 6) is 0.313. The second-order valence-electron chi connectivity index (χ2n) is 4.39. The van der Waals surface area contributed by atoms with E-state index in [-0.39, 0.29) is 11.9 Å². The molecule has 1 aromatic heterocycles. The van der Waals surface area contributed by atoms with Crippen LogP contribution >= 0.6 is 0 Å². The predicted molar refractivity (Wildman–Crippen MR) is 59.0 cm³/mol. The first-order valence-electron chi connectivity index (χ1n) is 5.63. The van der Waals surface area contributed by atoms with E-state index in [1.165, 1.54) is 6.26 Å². The van der Waals surface area contributed by atoms with Crippen molar-refractivity contribution in [1.82, 2.24) is 15.8 Å². The lowest BCUT2D eigenvalue weighted by Gasteiger charge is -2.35. The van der Waals surface area contributed by atoms with E-state index in [1.54, 1.807) is 6.07 Å². The van der Waals surface area contributed by atoms with Crippen molar-refractivity contribution in [2.75, 3.05) is 6.54 Å². The fraction of sp³-hybridized carbons (Fsp3) is 0.636. The number of hydrogen-bond acceptors (Lipinski definition) is 4. The summed E-state index contributed by atoms with van der Waals surface area (Å²) in [6, 6.07) is 2.01. The lowest BCUT2D eigenvalue weighted by atomic mass is 9.89. The van der Waals surface area contributed by atoms with Crippen LogP contribution in [0, 0.1) is 5.92 Å². The van der Waals surface area contributed by atoms with E-state index >= 15 is 0 Å². The maximum atomic E-state index is 11.8. The molecule has 0 radical (unpaired) electrons. The Labute approximate surface area is 94.6 Å². The van der Waals surface area contributed by atoms with E-state index in [0.717, 1.165) is 13.0 Å². The van der Waals surface area contributed by atoms with Crippen molar-refractivity contribution in [2.45, 2.75) is 32.4 Å². The lowest BCUT2D eigenvalue weighted by Crippen LogP contribution is -2.55. The van der Waals surface area contributed by atoms with E-state index < -0.39 is 0 Å². The highest BCUT2D eigenvalue weighted by molar-refractivity contribution is 5.92. The van der Waals surface area contributed by atoms with Crippen LogP contribution in [0.15, 0.2) is 16.9 Å². The molecule has 1 aliphatic rings. The van der Waals surface area contributed by atoms with Crippen molar-refractivity contribution >= 4 is 5.91 Å². The molecule has 0 aromatic carbocycles. The SMILES string of the molecule is CC1CCNC(C)C1NC(=O)c1ccon1. The van der Waals surface area contributed by atoms with Crippen molar-refractivity contribution < 1.29 is 9.32 Å². The number of amides is 1. The predicted octanol–water partition coefficient (Wildman–Crippen LogP) is 0.791. The molecule has 1 fully saturated rings. The average molecular weight is 223 g/mol. The van der Waals surface area contributed by atoms with Gasteiger partial charge in [-0.05, 0) is 25.8 Å². The second-order valence-corrected chi connectivity index (χ2v) is 4.39. The van der Waals surface area contributed by atoms with Gasteiger partial charge in [0.2, 0.25) is 0 Å². The minimum Gasteiger partial charge on any atom is -0.364 e. The van der Waals surface area contributed by atoms with Gasteiger partial charge in [0.05, 0.1) is 0 Å². The minimum absolute atomic E-state index is 0.151. The van der Waals surface area contributed by atoms with Crippen LogP contribution in [0.1, 0.15) is 30.8 Å². The highest BCUT2D eigenvalue weighted by Crippen LogP contribution is 2.16. The molecule has 16 heavy (non-hydrogen) atoms. The van der Waals surface area contributed by atoms with Gasteiger partial charge in [-0.3, -0.25) is 4.79 Å². The average Bonchev–Trinajstić information content (AvgIpc) is 2.76. The molecule has 2 heterocycles. The Morgan fingerprint density at radius 1 is 1.62 bits per heavy atom. The fourth-order valence-corrected chi connectivity index (χ4v) is 2.16. The van der Waals surface area contributed by atoms with Gasteiger partial charge in [-0.15, -0.1) is 0 Å². The molecule has 0 saturated carbocycles. The van der Waals surface area contributed by atoms with E-state index in [1.807, 2.05) is 0 Å². The zero-order chi connectivity index (χ0) is 11.5. The molecule has 1 aliphatic heterocycles. The van der Waals surface area contributed by atoms with Crippen LogP contribution in [-0.2, 0) is 0 Å². The van der Waals surface area contributed by atoms with Crippen LogP contribution in [0.3, 0.4) is 0 Å². The van der Waals surface area contributed by atoms with Crippen molar-refractivity contribution in [3.05, 3.63) is 18.0 Å². The third-order valence-electron chi connectivity index (χ3n) is 3.19. The molecule has 2 N–H and O–H groups in total. The molecule has 88 valence electrons. The van der Waals surface area contributed by atoms with Crippen LogP contribution in [0.5, 0.6) is 0 Å². The number of carbonyl (C=O) groups excluding carboxylic acids is 1. The Balaban J connectivity index is 2.00. The largest absolute Gasteiger partial charge is 0.364 e. The first kappa shape index (κ1) is 11.1. The maximum absolute atomic E-state index is 11.8. The number of nitrogens with one attached hydrogen (secondary N) is 2. The maximum Gasteiger partial charge on any atom is 0.273 e. The van der Waals surface area contributed by atoms with Gasteiger partial charge in [0, 0.05) is 18.2 Å². The number of aromatic nitrogens is 1. The fourth-order valence-electron chi connectivity index (χ4n) is 2.16. The van der Waals surface area contributed by atoms with Gasteiger partial charge in [-0.1, -0.05) is 12.1 Å². The molecule has 0 spiro atoms. The number of rotatable bonds is 2. The van der Waals surface area contributed by atoms with Gasteiger partial charge in [0.15, 0.2) is 5.69 Å². The summed E-state index contributed by atoms with van der Waals surface area (Å²) in [6.07, 6.45) is 2.48. The van der Waals surface area contributed by atoms with Crippen molar-refractivity contribution in [3.8, 4) is 0 Å². The standard InChI is InChI=1S/C11H17N3O2/c1-7-3-5-12-8(2)10(7)13-11(15)9-4-6-16-14-9/h4,6-8,10,12H,3,5H2,1-2H3,(H,13,15). The van der Waals surface area contributed by atoms with E-state index in [9.17, 15) is 4.79 Å². The molecule has 0 bridgehead atoms. The number of nitrogens with zero attached hydrogens (tertiary/aromatic N) is 1. The van der Waals surface area contributed by atoms with Gasteiger partial charge in [-0.2, -0.15) is 0 Å². The van der Waals surface area contributed by atoms with Crippen molar-refractivity contribution in [1.29, 1.82) is 0 Å². The molecular weight excluding hydrogens is 206 g/mol. The topological polar surface area (TPSA) is 67.2 Å². The summed E-state index contributed by atoms with van der Waals surface area (Å²) >= 11 is 0. The normalized spacial score (nSPS) is 30.0. The third kappa shape index (κ3) is 2.24. The second kappa shape index (κ2) is 4.65. The van der Waals surface area contributed by atoms with Gasteiger partial charge in [0.1, 0.15) is 6.26 Å². The van der Waals surface area contributed by atoms with Crippen LogP contribution < -0.4 is 10.6 Å². The van der Waals surface area contributed by atoms with Crippen LogP contribution in [0.25, 0.3) is 0 Å². The summed E-state index contributed by atoms with van der Waals surface area (Å²) in [4.78, 5) is 11.8. The molecule has 1 aromatic rings. The molecular formula is C11H17N3O2. The molecule has 0 aliphatic carbocycles. The number of hydrogen-bond donors (Lipinski definition) is 2. The number of carbonyl (C=O) groups is 1. The molecule has 3 unspecified atom stereocenters. The molecule has 5 nitrogen and oxygen atoms in total. The monoisotopic (exact) mass is 223 g/mol. The van der Waals surface area contributed by atoms with E-state index in [0.29, 0.717) is 17.7 Å². The van der Waals surface area contributed by atoms with Crippen molar-refractivity contribution in [2.24, 2.45) is 5.92 Å². The molecule has 1 saturated heterocycles. The summed E-state index contributed by atoms with van der Waals surface area (Å²) in [6.45, 7) is 5.26. The highest BCUT2D eigenvalue weighted by Gasteiger charge is 2.29. The lowest BCUT2D eigenvalue weighted by molar-refractivity contribution is 0.0888. The molecule has 5 heteroatoms. The van der Waals surface area contributed by atoms with E-state index in [4.69, 9.17) is 0 Å². The van der Waals surface area contributed by atoms with Gasteiger partial charge in [0.25, 0.3) is 5.91 Å². The van der Waals surface area contributed by atoms with Crippen molar-refractivity contribution in [3.63, 3.8) is 0 Å².